The fourth-order valence-electron chi connectivity index (χ4n) is 4.77. The number of rotatable bonds is 8. The Hall–Kier alpha value is -3.68. The van der Waals surface area contributed by atoms with Gasteiger partial charge in [0.05, 0.1) is 5.92 Å². The number of pyridine rings is 1. The van der Waals surface area contributed by atoms with Crippen LogP contribution in [0.25, 0.3) is 0 Å². The van der Waals surface area contributed by atoms with Gasteiger partial charge in [-0.1, -0.05) is 23.4 Å². The number of hydrogen-bond donors (Lipinski definition) is 1. The first-order valence-electron chi connectivity index (χ1n) is 11.6. The Labute approximate surface area is 202 Å². The summed E-state index contributed by atoms with van der Waals surface area (Å²) in [6.07, 6.45) is 2.98. The van der Waals surface area contributed by atoms with Crippen LogP contribution in [0.4, 0.5) is 14.5 Å². The lowest BCUT2D eigenvalue weighted by Crippen LogP contribution is -2.36. The van der Waals surface area contributed by atoms with Gasteiger partial charge in [0.2, 0.25) is 0 Å². The zero-order valence-corrected chi connectivity index (χ0v) is 19.4. The van der Waals surface area contributed by atoms with Crippen LogP contribution >= 0.6 is 0 Å². The number of halogens is 2. The maximum Gasteiger partial charge on any atom is 0.306 e. The Balaban J connectivity index is 1.62. The maximum atomic E-state index is 14.9. The molecule has 1 aliphatic heterocycles. The summed E-state index contributed by atoms with van der Waals surface area (Å²) in [6.45, 7) is 3.11. The molecule has 182 valence electrons. The van der Waals surface area contributed by atoms with Crippen molar-refractivity contribution in [3.63, 3.8) is 0 Å². The van der Waals surface area contributed by atoms with Crippen LogP contribution < -0.4 is 4.90 Å². The summed E-state index contributed by atoms with van der Waals surface area (Å²) in [5.74, 6) is -2.95. The first-order chi connectivity index (χ1) is 16.9. The molecule has 1 N–H and O–H groups in total. The minimum absolute atomic E-state index is 0.207. The van der Waals surface area contributed by atoms with Crippen molar-refractivity contribution in [2.45, 2.75) is 38.1 Å². The molecular formula is C27H27F2N3O3. The monoisotopic (exact) mass is 479 g/mol. The lowest BCUT2D eigenvalue weighted by atomic mass is 9.84. The van der Waals surface area contributed by atoms with E-state index >= 15 is 0 Å². The Bertz CT molecular complexity index is 1190. The van der Waals surface area contributed by atoms with Crippen molar-refractivity contribution in [2.24, 2.45) is 11.1 Å². The Kier molecular flexibility index (Phi) is 7.48. The molecule has 0 saturated carbocycles. The number of aryl methyl sites for hydroxylation is 1. The number of anilines is 1. The van der Waals surface area contributed by atoms with Gasteiger partial charge in [-0.15, -0.1) is 0 Å². The van der Waals surface area contributed by atoms with E-state index < -0.39 is 29.6 Å². The summed E-state index contributed by atoms with van der Waals surface area (Å²) in [5.41, 5.74) is 3.46. The summed E-state index contributed by atoms with van der Waals surface area (Å²) in [5, 5.41) is 12.5. The molecule has 2 atom stereocenters. The van der Waals surface area contributed by atoms with Crippen LogP contribution in [0.15, 0.2) is 66.0 Å². The molecule has 2 heterocycles. The number of aromatic nitrogens is 1. The molecule has 1 aliphatic rings. The van der Waals surface area contributed by atoms with Gasteiger partial charge in [-0.3, -0.25) is 9.78 Å². The van der Waals surface area contributed by atoms with E-state index in [1.807, 2.05) is 31.2 Å². The van der Waals surface area contributed by atoms with Gasteiger partial charge in [-0.2, -0.15) is 4.91 Å². The number of carboxylic acids is 1. The Morgan fingerprint density at radius 3 is 2.40 bits per heavy atom. The zero-order valence-electron chi connectivity index (χ0n) is 19.4. The second-order valence-corrected chi connectivity index (χ2v) is 9.00. The predicted molar refractivity (Wildman–Crippen MR) is 129 cm³/mol. The third kappa shape index (κ3) is 5.70. The second kappa shape index (κ2) is 10.7. The van der Waals surface area contributed by atoms with Crippen LogP contribution in [0.1, 0.15) is 53.6 Å². The zero-order chi connectivity index (χ0) is 24.9. The summed E-state index contributed by atoms with van der Waals surface area (Å²) >= 11 is 0. The van der Waals surface area contributed by atoms with Gasteiger partial charge in [0.15, 0.2) is 0 Å². The summed E-state index contributed by atoms with van der Waals surface area (Å²) in [6, 6.07) is 13.9. The lowest BCUT2D eigenvalue weighted by Gasteiger charge is -2.32. The number of nitrogens with zero attached hydrogens (tertiary/aromatic N) is 3. The molecule has 0 bridgehead atoms. The van der Waals surface area contributed by atoms with Crippen LogP contribution in [-0.2, 0) is 4.79 Å². The van der Waals surface area contributed by atoms with E-state index in [0.29, 0.717) is 37.1 Å². The van der Waals surface area contributed by atoms with Crippen LogP contribution in [0.5, 0.6) is 0 Å². The number of hydrogen-bond acceptors (Lipinski definition) is 5. The normalized spacial score (nSPS) is 16.0. The minimum Gasteiger partial charge on any atom is -0.481 e. The number of aliphatic carboxylic acids is 1. The molecule has 1 fully saturated rings. The third-order valence-electron chi connectivity index (χ3n) is 6.73. The van der Waals surface area contributed by atoms with Gasteiger partial charge in [0.1, 0.15) is 17.7 Å². The molecule has 4 rings (SSSR count). The molecule has 0 spiro atoms. The van der Waals surface area contributed by atoms with Gasteiger partial charge in [-0.05, 0) is 73.2 Å². The fraction of sp³-hybridized carbons (Fsp3) is 0.333. The van der Waals surface area contributed by atoms with Crippen molar-refractivity contribution in [1.29, 1.82) is 0 Å². The van der Waals surface area contributed by atoms with E-state index in [1.54, 1.807) is 18.3 Å². The number of piperidine rings is 1. The van der Waals surface area contributed by atoms with Crippen molar-refractivity contribution in [2.75, 3.05) is 18.0 Å². The SMILES string of the molecule is Cc1cc(C(CC(c2ccc(N3CCC(C(=O)O)CC3)cc2)c2ccc(F)cc2F)N=O)ccn1. The summed E-state index contributed by atoms with van der Waals surface area (Å²) in [4.78, 5) is 29.3. The standard InChI is InChI=1S/C27H27F2N3O3/c1-17-14-20(8-11-30-17)26(31-35)16-24(23-7-4-21(28)15-25(23)29)18-2-5-22(6-3-18)32-12-9-19(10-13-32)27(33)34/h2-8,11,14-15,19,24,26H,9-10,12-13,16H2,1H3,(H,33,34). The maximum absolute atomic E-state index is 14.9. The average Bonchev–Trinajstić information content (AvgIpc) is 2.86. The number of carbonyl (C=O) groups is 1. The molecular weight excluding hydrogens is 452 g/mol. The molecule has 35 heavy (non-hydrogen) atoms. The van der Waals surface area contributed by atoms with Crippen molar-refractivity contribution in [3.8, 4) is 0 Å². The molecule has 8 heteroatoms. The minimum atomic E-state index is -0.758. The molecule has 6 nitrogen and oxygen atoms in total. The molecule has 0 amide bonds. The van der Waals surface area contributed by atoms with E-state index in [4.69, 9.17) is 0 Å². The van der Waals surface area contributed by atoms with Crippen molar-refractivity contribution in [3.05, 3.63) is 99.7 Å². The van der Waals surface area contributed by atoms with Crippen molar-refractivity contribution in [1.82, 2.24) is 4.98 Å². The van der Waals surface area contributed by atoms with E-state index in [1.165, 1.54) is 12.1 Å². The molecule has 1 saturated heterocycles. The smallest absolute Gasteiger partial charge is 0.306 e. The molecule has 2 unspecified atom stereocenters. The topological polar surface area (TPSA) is 82.9 Å². The molecule has 3 aromatic rings. The highest BCUT2D eigenvalue weighted by atomic mass is 19.1. The number of nitroso groups, excluding NO2 is 1. The Morgan fingerprint density at radius 1 is 1.09 bits per heavy atom. The van der Waals surface area contributed by atoms with Gasteiger partial charge in [0, 0.05) is 42.7 Å². The van der Waals surface area contributed by atoms with E-state index in [0.717, 1.165) is 23.0 Å². The summed E-state index contributed by atoms with van der Waals surface area (Å²) in [7, 11) is 0. The average molecular weight is 480 g/mol. The third-order valence-corrected chi connectivity index (χ3v) is 6.73. The van der Waals surface area contributed by atoms with E-state index in [-0.39, 0.29) is 12.3 Å². The highest BCUT2D eigenvalue weighted by Gasteiger charge is 2.27. The molecule has 0 aliphatic carbocycles. The van der Waals surface area contributed by atoms with Crippen molar-refractivity contribution >= 4 is 11.7 Å². The van der Waals surface area contributed by atoms with Gasteiger partial charge < -0.3 is 10.0 Å². The van der Waals surface area contributed by atoms with Crippen LogP contribution in [-0.4, -0.2) is 29.1 Å². The highest BCUT2D eigenvalue weighted by molar-refractivity contribution is 5.70. The predicted octanol–water partition coefficient (Wildman–Crippen LogP) is 6.00. The first kappa shape index (κ1) is 24.4. The van der Waals surface area contributed by atoms with Crippen LogP contribution in [0.3, 0.4) is 0 Å². The quantitative estimate of drug-likeness (QED) is 0.401. The second-order valence-electron chi connectivity index (χ2n) is 9.00. The van der Waals surface area contributed by atoms with Crippen LogP contribution in [0.2, 0.25) is 0 Å². The van der Waals surface area contributed by atoms with Crippen LogP contribution in [0, 0.1) is 29.4 Å². The van der Waals surface area contributed by atoms with Crippen molar-refractivity contribution < 1.29 is 18.7 Å². The number of benzene rings is 2. The van der Waals surface area contributed by atoms with Gasteiger partial charge in [-0.25, -0.2) is 8.78 Å². The fourth-order valence-corrected chi connectivity index (χ4v) is 4.77. The van der Waals surface area contributed by atoms with E-state index in [9.17, 15) is 23.6 Å². The molecule has 2 aromatic carbocycles. The first-order valence-corrected chi connectivity index (χ1v) is 11.6. The Morgan fingerprint density at radius 2 is 1.80 bits per heavy atom. The largest absolute Gasteiger partial charge is 0.481 e. The van der Waals surface area contributed by atoms with E-state index in [2.05, 4.69) is 15.1 Å². The molecule has 1 aromatic heterocycles. The summed E-state index contributed by atoms with van der Waals surface area (Å²) < 4.78 is 28.5. The highest BCUT2D eigenvalue weighted by Crippen LogP contribution is 2.38. The van der Waals surface area contributed by atoms with Gasteiger partial charge in [0.25, 0.3) is 0 Å². The lowest BCUT2D eigenvalue weighted by molar-refractivity contribution is -0.142. The molecule has 0 radical (unpaired) electrons. The van der Waals surface area contributed by atoms with Gasteiger partial charge >= 0.3 is 5.97 Å². The number of carboxylic acid groups (broad SMARTS) is 1.